The number of aldehydes is 1. The maximum atomic E-state index is 10.5. The summed E-state index contributed by atoms with van der Waals surface area (Å²) in [7, 11) is 0. The molecule has 0 amide bonds. The van der Waals surface area contributed by atoms with E-state index in [0.29, 0.717) is 11.3 Å². The Hall–Kier alpha value is -1.12. The minimum atomic E-state index is 0.614. The van der Waals surface area contributed by atoms with Crippen LogP contribution >= 0.6 is 0 Å². The molecule has 0 unspecified atom stereocenters. The molecule has 1 rings (SSSR count). The van der Waals surface area contributed by atoms with Gasteiger partial charge in [0.05, 0.1) is 11.3 Å². The van der Waals surface area contributed by atoms with Gasteiger partial charge in [-0.15, -0.1) is 0 Å². The molecule has 0 bridgehead atoms. The molecule has 0 aliphatic rings. The fourth-order valence-corrected chi connectivity index (χ4v) is 0.993. The molecule has 0 aromatic carbocycles. The Bertz CT molecular complexity index is 253. The summed E-state index contributed by atoms with van der Waals surface area (Å²) >= 11 is 0. The Labute approximate surface area is 79.1 Å². The maximum absolute atomic E-state index is 10.5. The summed E-state index contributed by atoms with van der Waals surface area (Å²) in [5.41, 5.74) is 1.40. The molecule has 0 radical (unpaired) electrons. The monoisotopic (exact) mass is 183 g/mol. The molecule has 0 N–H and O–H groups in total. The highest BCUT2D eigenvalue weighted by molar-refractivity contribution is 5.77. The van der Waals surface area contributed by atoms with Crippen LogP contribution in [-0.4, -0.2) is 11.4 Å². The summed E-state index contributed by atoms with van der Waals surface area (Å²) < 4.78 is 4.86. The van der Waals surface area contributed by atoms with Crippen LogP contribution in [0.25, 0.3) is 0 Å². The van der Waals surface area contributed by atoms with Crippen molar-refractivity contribution < 1.29 is 9.32 Å². The van der Waals surface area contributed by atoms with E-state index < -0.39 is 0 Å². The average Bonchev–Trinajstić information content (AvgIpc) is 2.51. The van der Waals surface area contributed by atoms with Crippen LogP contribution in [0, 0.1) is 6.92 Å². The number of hydrogen-bond acceptors (Lipinski definition) is 3. The van der Waals surface area contributed by atoms with E-state index in [1.165, 1.54) is 0 Å². The van der Waals surface area contributed by atoms with E-state index >= 15 is 0 Å². The van der Waals surface area contributed by atoms with E-state index in [-0.39, 0.29) is 0 Å². The molecule has 0 atom stereocenters. The van der Waals surface area contributed by atoms with Crippen molar-refractivity contribution >= 4 is 6.29 Å². The summed E-state index contributed by atoms with van der Waals surface area (Å²) in [4.78, 5) is 10.5. The number of aryl methyl sites for hydroxylation is 2. The summed E-state index contributed by atoms with van der Waals surface area (Å²) in [6.45, 7) is 7.79. The van der Waals surface area contributed by atoms with Crippen LogP contribution in [0.5, 0.6) is 0 Å². The first-order valence-corrected chi connectivity index (χ1v) is 4.70. The Morgan fingerprint density at radius 3 is 2.54 bits per heavy atom. The number of carbonyl (C=O) groups excluding carboxylic acids is 1. The minimum Gasteiger partial charge on any atom is -0.361 e. The fraction of sp³-hybridized carbons (Fsp3) is 0.600. The van der Waals surface area contributed by atoms with Crippen LogP contribution in [0.1, 0.15) is 49.0 Å². The smallest absolute Gasteiger partial charge is 0.155 e. The highest BCUT2D eigenvalue weighted by atomic mass is 16.5. The standard InChI is InChI=1S/C8H11NO2.C2H6/c1-3-4-8-7(5-10)6(2)11-9-8;1-2/h5H,3-4H2,1-2H3;1-2H3. The van der Waals surface area contributed by atoms with E-state index in [0.717, 1.165) is 24.8 Å². The zero-order chi connectivity index (χ0) is 10.3. The first kappa shape index (κ1) is 11.9. The normalized spacial score (nSPS) is 8.92. The van der Waals surface area contributed by atoms with Gasteiger partial charge in [-0.25, -0.2) is 0 Å². The van der Waals surface area contributed by atoms with E-state index in [2.05, 4.69) is 5.16 Å². The lowest BCUT2D eigenvalue weighted by Crippen LogP contribution is -1.89. The number of nitrogens with zero attached hydrogens (tertiary/aromatic N) is 1. The lowest BCUT2D eigenvalue weighted by atomic mass is 10.1. The van der Waals surface area contributed by atoms with Gasteiger partial charge < -0.3 is 4.52 Å². The van der Waals surface area contributed by atoms with Gasteiger partial charge in [0.25, 0.3) is 0 Å². The Balaban J connectivity index is 0.000000671. The molecule has 3 heteroatoms. The van der Waals surface area contributed by atoms with Gasteiger partial charge in [0.15, 0.2) is 6.29 Å². The van der Waals surface area contributed by atoms with Crippen molar-refractivity contribution in [2.24, 2.45) is 0 Å². The molecule has 74 valence electrons. The molecule has 0 saturated heterocycles. The molecule has 0 fully saturated rings. The molecule has 1 heterocycles. The quantitative estimate of drug-likeness (QED) is 0.677. The van der Waals surface area contributed by atoms with Crippen LogP contribution in [0.4, 0.5) is 0 Å². The van der Waals surface area contributed by atoms with Crippen molar-refractivity contribution in [3.8, 4) is 0 Å². The molecule has 0 spiro atoms. The second kappa shape index (κ2) is 6.40. The summed E-state index contributed by atoms with van der Waals surface area (Å²) in [5.74, 6) is 0.614. The third-order valence-electron chi connectivity index (χ3n) is 1.59. The van der Waals surface area contributed by atoms with Crippen LogP contribution in [0.3, 0.4) is 0 Å². The van der Waals surface area contributed by atoms with Crippen molar-refractivity contribution in [1.82, 2.24) is 5.16 Å². The molecular formula is C10H17NO2. The number of carbonyl (C=O) groups is 1. The Morgan fingerprint density at radius 1 is 1.46 bits per heavy atom. The molecule has 0 saturated carbocycles. The Kier molecular flexibility index (Phi) is 5.85. The average molecular weight is 183 g/mol. The molecular weight excluding hydrogens is 166 g/mol. The van der Waals surface area contributed by atoms with Crippen molar-refractivity contribution in [3.63, 3.8) is 0 Å². The van der Waals surface area contributed by atoms with Crippen LogP contribution in [-0.2, 0) is 6.42 Å². The highest BCUT2D eigenvalue weighted by Crippen LogP contribution is 2.11. The number of rotatable bonds is 3. The zero-order valence-corrected chi connectivity index (χ0v) is 8.76. The molecule has 0 aliphatic carbocycles. The third-order valence-corrected chi connectivity index (χ3v) is 1.59. The topological polar surface area (TPSA) is 43.1 Å². The summed E-state index contributed by atoms with van der Waals surface area (Å²) in [6, 6.07) is 0. The van der Waals surface area contributed by atoms with E-state index in [1.54, 1.807) is 6.92 Å². The van der Waals surface area contributed by atoms with E-state index in [1.807, 2.05) is 20.8 Å². The van der Waals surface area contributed by atoms with Crippen molar-refractivity contribution in [1.29, 1.82) is 0 Å². The van der Waals surface area contributed by atoms with Gasteiger partial charge in [0.1, 0.15) is 5.76 Å². The first-order chi connectivity index (χ1) is 6.29. The predicted molar refractivity (Wildman–Crippen MR) is 52.0 cm³/mol. The van der Waals surface area contributed by atoms with Gasteiger partial charge in [0, 0.05) is 0 Å². The SMILES string of the molecule is CC.CCCc1noc(C)c1C=O. The molecule has 3 nitrogen and oxygen atoms in total. The largest absolute Gasteiger partial charge is 0.361 e. The van der Waals surface area contributed by atoms with Gasteiger partial charge in [-0.3, -0.25) is 4.79 Å². The lowest BCUT2D eigenvalue weighted by molar-refractivity contribution is 0.112. The zero-order valence-electron chi connectivity index (χ0n) is 8.76. The third kappa shape index (κ3) is 3.01. The van der Waals surface area contributed by atoms with Crippen LogP contribution < -0.4 is 0 Å². The van der Waals surface area contributed by atoms with Crippen molar-refractivity contribution in [3.05, 3.63) is 17.0 Å². The van der Waals surface area contributed by atoms with Gasteiger partial charge in [0.2, 0.25) is 0 Å². The second-order valence-electron chi connectivity index (χ2n) is 2.47. The molecule has 0 aliphatic heterocycles. The van der Waals surface area contributed by atoms with Gasteiger partial charge in [-0.05, 0) is 13.3 Å². The highest BCUT2D eigenvalue weighted by Gasteiger charge is 2.09. The van der Waals surface area contributed by atoms with Gasteiger partial charge in [-0.2, -0.15) is 0 Å². The number of hydrogen-bond donors (Lipinski definition) is 0. The Morgan fingerprint density at radius 2 is 2.08 bits per heavy atom. The van der Waals surface area contributed by atoms with Crippen LogP contribution in [0.15, 0.2) is 4.52 Å². The minimum absolute atomic E-state index is 0.614. The maximum Gasteiger partial charge on any atom is 0.155 e. The van der Waals surface area contributed by atoms with Crippen molar-refractivity contribution in [2.75, 3.05) is 0 Å². The predicted octanol–water partition coefficient (Wildman–Crippen LogP) is 2.77. The van der Waals surface area contributed by atoms with Gasteiger partial charge >= 0.3 is 0 Å². The number of aromatic nitrogens is 1. The second-order valence-corrected chi connectivity index (χ2v) is 2.47. The van der Waals surface area contributed by atoms with Crippen molar-refractivity contribution in [2.45, 2.75) is 40.5 Å². The lowest BCUT2D eigenvalue weighted by Gasteiger charge is -1.89. The fourth-order valence-electron chi connectivity index (χ4n) is 0.993. The van der Waals surface area contributed by atoms with E-state index in [9.17, 15) is 4.79 Å². The molecule has 1 aromatic heterocycles. The first-order valence-electron chi connectivity index (χ1n) is 4.70. The van der Waals surface area contributed by atoms with Gasteiger partial charge in [-0.1, -0.05) is 32.3 Å². The summed E-state index contributed by atoms with van der Waals surface area (Å²) in [6.07, 6.45) is 2.59. The van der Waals surface area contributed by atoms with Crippen LogP contribution in [0.2, 0.25) is 0 Å². The molecule has 1 aromatic rings. The summed E-state index contributed by atoms with van der Waals surface area (Å²) in [5, 5.41) is 3.77. The molecule has 13 heavy (non-hydrogen) atoms. The van der Waals surface area contributed by atoms with E-state index in [4.69, 9.17) is 4.52 Å².